The van der Waals surface area contributed by atoms with Gasteiger partial charge < -0.3 is 0 Å². The summed E-state index contributed by atoms with van der Waals surface area (Å²) in [7, 11) is 0. The van der Waals surface area contributed by atoms with Crippen LogP contribution in [0.4, 0.5) is 0 Å². The van der Waals surface area contributed by atoms with E-state index in [0.717, 1.165) is 25.7 Å². The molecule has 0 spiro atoms. The van der Waals surface area contributed by atoms with Crippen LogP contribution in [0.15, 0.2) is 5.18 Å². The monoisotopic (exact) mass is 297 g/mol. The molecule has 0 N–H and O–H groups in total. The molecule has 0 bridgehead atoms. The molecule has 0 aliphatic heterocycles. The summed E-state index contributed by atoms with van der Waals surface area (Å²) in [6.07, 6.45) is 16.4. The molecule has 0 rings (SSSR count). The van der Waals surface area contributed by atoms with E-state index in [1.54, 1.807) is 0 Å². The number of carbonyl (C=O) groups excluding carboxylic acids is 1. The van der Waals surface area contributed by atoms with E-state index >= 15 is 0 Å². The van der Waals surface area contributed by atoms with E-state index in [-0.39, 0.29) is 5.92 Å². The third-order valence-electron chi connectivity index (χ3n) is 4.25. The highest BCUT2D eigenvalue weighted by Crippen LogP contribution is 2.20. The van der Waals surface area contributed by atoms with Gasteiger partial charge in [0.25, 0.3) is 5.91 Å². The molecule has 0 radical (unpaired) electrons. The lowest BCUT2D eigenvalue weighted by Gasteiger charge is -2.11. The van der Waals surface area contributed by atoms with Crippen molar-refractivity contribution in [1.82, 2.24) is 0 Å². The first-order chi connectivity index (χ1) is 10.3. The van der Waals surface area contributed by atoms with Crippen molar-refractivity contribution in [3.8, 4) is 0 Å². The number of carbonyl (C=O) groups is 1. The molecule has 3 heteroatoms. The maximum atomic E-state index is 11.6. The van der Waals surface area contributed by atoms with Gasteiger partial charge in [-0.25, -0.2) is 0 Å². The van der Waals surface area contributed by atoms with Gasteiger partial charge >= 0.3 is 0 Å². The fourth-order valence-corrected chi connectivity index (χ4v) is 2.81. The van der Waals surface area contributed by atoms with E-state index in [0.29, 0.717) is 0 Å². The van der Waals surface area contributed by atoms with E-state index in [1.807, 2.05) is 0 Å². The Labute approximate surface area is 131 Å². The van der Waals surface area contributed by atoms with Crippen LogP contribution in [0.5, 0.6) is 0 Å². The first-order valence-electron chi connectivity index (χ1n) is 9.13. The molecule has 0 fully saturated rings. The molecule has 0 aromatic heterocycles. The summed E-state index contributed by atoms with van der Waals surface area (Å²) in [6, 6.07) is 0. The molecule has 0 saturated carbocycles. The highest BCUT2D eigenvalue weighted by Gasteiger charge is 2.18. The summed E-state index contributed by atoms with van der Waals surface area (Å²) in [6.45, 7) is 4.42. The van der Waals surface area contributed by atoms with Crippen LogP contribution < -0.4 is 0 Å². The predicted octanol–water partition coefficient (Wildman–Crippen LogP) is 6.40. The van der Waals surface area contributed by atoms with Crippen LogP contribution in [0, 0.1) is 10.8 Å². The van der Waals surface area contributed by atoms with Gasteiger partial charge in [0.1, 0.15) is 0 Å². The van der Waals surface area contributed by atoms with Crippen molar-refractivity contribution in [2.24, 2.45) is 11.1 Å². The summed E-state index contributed by atoms with van der Waals surface area (Å²) >= 11 is 0. The number of rotatable bonds is 15. The molecule has 0 aromatic carbocycles. The lowest BCUT2D eigenvalue weighted by Crippen LogP contribution is -2.12. The highest BCUT2D eigenvalue weighted by molar-refractivity contribution is 5.79. The largest absolute Gasteiger partial charge is 0.289 e. The Morgan fingerprint density at radius 2 is 1.10 bits per heavy atom. The van der Waals surface area contributed by atoms with Gasteiger partial charge in [0.15, 0.2) is 0 Å². The van der Waals surface area contributed by atoms with E-state index in [4.69, 9.17) is 0 Å². The molecule has 21 heavy (non-hydrogen) atoms. The number of nitrogens with zero attached hydrogens (tertiary/aromatic N) is 1. The van der Waals surface area contributed by atoms with Crippen LogP contribution in [0.1, 0.15) is 104 Å². The lowest BCUT2D eigenvalue weighted by atomic mass is 9.93. The average molecular weight is 297 g/mol. The highest BCUT2D eigenvalue weighted by atomic mass is 16.3. The van der Waals surface area contributed by atoms with Crippen LogP contribution in [-0.4, -0.2) is 5.91 Å². The molecule has 0 aliphatic carbocycles. The fraction of sp³-hybridized carbons (Fsp3) is 0.944. The van der Waals surface area contributed by atoms with Gasteiger partial charge in [-0.15, -0.1) is 4.91 Å². The van der Waals surface area contributed by atoms with Crippen molar-refractivity contribution >= 4 is 5.91 Å². The average Bonchev–Trinajstić information content (AvgIpc) is 2.51. The third kappa shape index (κ3) is 12.7. The SMILES string of the molecule is CCCCCCCCCC(CCCCCCC)C(=O)N=O. The molecule has 1 atom stereocenters. The van der Waals surface area contributed by atoms with E-state index < -0.39 is 5.91 Å². The Morgan fingerprint density at radius 3 is 1.48 bits per heavy atom. The predicted molar refractivity (Wildman–Crippen MR) is 90.3 cm³/mol. The first kappa shape index (κ1) is 20.3. The van der Waals surface area contributed by atoms with Gasteiger partial charge in [-0.1, -0.05) is 90.9 Å². The fourth-order valence-electron chi connectivity index (χ4n) is 2.81. The number of nitroso groups, excluding NO2 is 1. The van der Waals surface area contributed by atoms with Crippen molar-refractivity contribution in [3.63, 3.8) is 0 Å². The van der Waals surface area contributed by atoms with E-state index in [9.17, 15) is 9.70 Å². The zero-order chi connectivity index (χ0) is 15.8. The summed E-state index contributed by atoms with van der Waals surface area (Å²) in [5.41, 5.74) is 0. The zero-order valence-electron chi connectivity index (χ0n) is 14.2. The number of hydrogen-bond donors (Lipinski definition) is 0. The summed E-state index contributed by atoms with van der Waals surface area (Å²) in [5.74, 6) is -0.531. The van der Waals surface area contributed by atoms with Gasteiger partial charge in [0, 0.05) is 11.1 Å². The van der Waals surface area contributed by atoms with Crippen molar-refractivity contribution in [2.45, 2.75) is 104 Å². The van der Waals surface area contributed by atoms with Crippen molar-refractivity contribution in [3.05, 3.63) is 4.91 Å². The first-order valence-corrected chi connectivity index (χ1v) is 9.13. The van der Waals surface area contributed by atoms with Crippen LogP contribution in [-0.2, 0) is 4.79 Å². The minimum atomic E-state index is -0.420. The third-order valence-corrected chi connectivity index (χ3v) is 4.25. The van der Waals surface area contributed by atoms with E-state index in [2.05, 4.69) is 19.0 Å². The van der Waals surface area contributed by atoms with Crippen LogP contribution >= 0.6 is 0 Å². The maximum absolute atomic E-state index is 11.6. The minimum absolute atomic E-state index is 0.111. The number of amides is 1. The Morgan fingerprint density at radius 1 is 0.714 bits per heavy atom. The van der Waals surface area contributed by atoms with Crippen molar-refractivity contribution in [1.29, 1.82) is 0 Å². The van der Waals surface area contributed by atoms with Crippen molar-refractivity contribution in [2.75, 3.05) is 0 Å². The standard InChI is InChI=1S/C18H35NO2/c1-3-5-7-9-10-12-14-16-17(18(20)19-21)15-13-11-8-6-4-2/h17H,3-16H2,1-2H3. The molecular formula is C18H35NO2. The molecule has 3 nitrogen and oxygen atoms in total. The minimum Gasteiger partial charge on any atom is -0.269 e. The van der Waals surface area contributed by atoms with E-state index in [1.165, 1.54) is 64.2 Å². The second-order valence-electron chi connectivity index (χ2n) is 6.24. The van der Waals surface area contributed by atoms with Gasteiger partial charge in [0.05, 0.1) is 0 Å². The maximum Gasteiger partial charge on any atom is 0.289 e. The zero-order valence-corrected chi connectivity index (χ0v) is 14.2. The Balaban J connectivity index is 3.71. The Bertz CT molecular complexity index is 254. The van der Waals surface area contributed by atoms with Gasteiger partial charge in [-0.3, -0.25) is 4.79 Å². The van der Waals surface area contributed by atoms with Crippen molar-refractivity contribution < 1.29 is 4.79 Å². The van der Waals surface area contributed by atoms with Gasteiger partial charge in [-0.2, -0.15) is 0 Å². The molecule has 1 amide bonds. The number of unbranched alkanes of at least 4 members (excludes halogenated alkanes) is 10. The molecule has 0 heterocycles. The molecular weight excluding hydrogens is 262 g/mol. The molecule has 0 saturated heterocycles. The Kier molecular flexibility index (Phi) is 15.1. The quantitative estimate of drug-likeness (QED) is 0.259. The second kappa shape index (κ2) is 15.7. The van der Waals surface area contributed by atoms with Crippen LogP contribution in [0.2, 0.25) is 0 Å². The summed E-state index contributed by atoms with van der Waals surface area (Å²) in [4.78, 5) is 22.0. The summed E-state index contributed by atoms with van der Waals surface area (Å²) in [5, 5.41) is 2.65. The second-order valence-corrected chi connectivity index (χ2v) is 6.24. The van der Waals surface area contributed by atoms with Gasteiger partial charge in [0.2, 0.25) is 0 Å². The van der Waals surface area contributed by atoms with Crippen LogP contribution in [0.3, 0.4) is 0 Å². The van der Waals surface area contributed by atoms with Gasteiger partial charge in [-0.05, 0) is 12.8 Å². The normalized spacial score (nSPS) is 12.3. The topological polar surface area (TPSA) is 46.5 Å². The Hall–Kier alpha value is -0.730. The molecule has 0 aliphatic rings. The molecule has 124 valence electrons. The number of hydrogen-bond acceptors (Lipinski definition) is 2. The smallest absolute Gasteiger partial charge is 0.269 e. The molecule has 1 unspecified atom stereocenters. The lowest BCUT2D eigenvalue weighted by molar-refractivity contribution is -0.122. The molecule has 0 aromatic rings. The van der Waals surface area contributed by atoms with Crippen LogP contribution in [0.25, 0.3) is 0 Å². The summed E-state index contributed by atoms with van der Waals surface area (Å²) < 4.78 is 0.